The number of phenols is 1. The Morgan fingerprint density at radius 2 is 2.00 bits per heavy atom. The molecule has 0 aromatic heterocycles. The van der Waals surface area contributed by atoms with Crippen LogP contribution in [0.2, 0.25) is 0 Å². The van der Waals surface area contributed by atoms with Crippen LogP contribution in [0.25, 0.3) is 6.08 Å². The average molecular weight is 206 g/mol. The molecular formula is C11H10O4. The van der Waals surface area contributed by atoms with Gasteiger partial charge in [-0.25, -0.2) is 4.79 Å². The number of benzene rings is 1. The fraction of sp³-hybridized carbons (Fsp3) is 0.0909. The molecule has 0 heterocycles. The fourth-order valence-corrected chi connectivity index (χ4v) is 1.12. The predicted molar refractivity (Wildman–Crippen MR) is 54.8 cm³/mol. The Hall–Kier alpha value is -2.10. The highest BCUT2D eigenvalue weighted by Gasteiger charge is 2.05. The summed E-state index contributed by atoms with van der Waals surface area (Å²) in [7, 11) is 0. The highest BCUT2D eigenvalue weighted by atomic mass is 16.4. The average Bonchev–Trinajstić information content (AvgIpc) is 2.14. The van der Waals surface area contributed by atoms with Gasteiger partial charge in [-0.05, 0) is 30.7 Å². The fourth-order valence-electron chi connectivity index (χ4n) is 1.12. The van der Waals surface area contributed by atoms with Gasteiger partial charge in [0.2, 0.25) is 0 Å². The van der Waals surface area contributed by atoms with E-state index in [1.165, 1.54) is 25.1 Å². The van der Waals surface area contributed by atoms with Crippen LogP contribution in [0, 0.1) is 0 Å². The van der Waals surface area contributed by atoms with E-state index in [0.29, 0.717) is 5.56 Å². The number of hydrogen-bond donors (Lipinski definition) is 2. The molecule has 0 aliphatic carbocycles. The lowest BCUT2D eigenvalue weighted by molar-refractivity contribution is -0.131. The van der Waals surface area contributed by atoms with Gasteiger partial charge in [0, 0.05) is 6.08 Å². The maximum absolute atomic E-state index is 11.0. The lowest BCUT2D eigenvalue weighted by Crippen LogP contribution is -1.92. The van der Waals surface area contributed by atoms with E-state index >= 15 is 0 Å². The first-order valence-electron chi connectivity index (χ1n) is 4.25. The van der Waals surface area contributed by atoms with Crippen molar-refractivity contribution in [2.24, 2.45) is 0 Å². The minimum absolute atomic E-state index is 0.143. The zero-order chi connectivity index (χ0) is 11.4. The molecule has 78 valence electrons. The van der Waals surface area contributed by atoms with E-state index in [-0.39, 0.29) is 17.1 Å². The van der Waals surface area contributed by atoms with Crippen molar-refractivity contribution < 1.29 is 19.8 Å². The summed E-state index contributed by atoms with van der Waals surface area (Å²) in [5.74, 6) is -1.44. The van der Waals surface area contributed by atoms with E-state index in [0.717, 1.165) is 6.08 Å². The van der Waals surface area contributed by atoms with E-state index < -0.39 is 5.97 Å². The molecule has 0 saturated carbocycles. The Morgan fingerprint density at radius 1 is 1.33 bits per heavy atom. The largest absolute Gasteiger partial charge is 0.507 e. The van der Waals surface area contributed by atoms with Crippen molar-refractivity contribution in [1.29, 1.82) is 0 Å². The van der Waals surface area contributed by atoms with Crippen LogP contribution >= 0.6 is 0 Å². The van der Waals surface area contributed by atoms with Gasteiger partial charge < -0.3 is 10.2 Å². The molecule has 0 unspecified atom stereocenters. The van der Waals surface area contributed by atoms with Crippen molar-refractivity contribution in [3.63, 3.8) is 0 Å². The molecule has 0 radical (unpaired) electrons. The Kier molecular flexibility index (Phi) is 3.23. The summed E-state index contributed by atoms with van der Waals surface area (Å²) in [5.41, 5.74) is 0.752. The standard InChI is InChI=1S/C11H10O4/c1-7(12)9-4-2-8(6-10(9)13)3-5-11(14)15/h2-6,13H,1H3,(H,14,15). The number of aliphatic carboxylic acids is 1. The summed E-state index contributed by atoms with van der Waals surface area (Å²) < 4.78 is 0. The van der Waals surface area contributed by atoms with Crippen molar-refractivity contribution in [2.75, 3.05) is 0 Å². The molecule has 0 spiro atoms. The Balaban J connectivity index is 3.01. The van der Waals surface area contributed by atoms with Crippen LogP contribution in [-0.4, -0.2) is 22.0 Å². The zero-order valence-electron chi connectivity index (χ0n) is 8.10. The van der Waals surface area contributed by atoms with Gasteiger partial charge in [0.05, 0.1) is 5.56 Å². The molecule has 4 heteroatoms. The molecule has 2 N–H and O–H groups in total. The maximum Gasteiger partial charge on any atom is 0.328 e. The summed E-state index contributed by atoms with van der Waals surface area (Å²) in [6.07, 6.45) is 2.30. The van der Waals surface area contributed by atoms with Gasteiger partial charge >= 0.3 is 5.97 Å². The number of hydrogen-bond acceptors (Lipinski definition) is 3. The molecule has 4 nitrogen and oxygen atoms in total. The molecule has 0 bridgehead atoms. The number of carbonyl (C=O) groups excluding carboxylic acids is 1. The van der Waals surface area contributed by atoms with E-state index in [9.17, 15) is 14.7 Å². The molecule has 0 aliphatic rings. The van der Waals surface area contributed by atoms with Crippen LogP contribution in [0.1, 0.15) is 22.8 Å². The summed E-state index contributed by atoms with van der Waals surface area (Å²) >= 11 is 0. The second-order valence-corrected chi connectivity index (χ2v) is 3.00. The number of ketones is 1. The number of carbonyl (C=O) groups is 2. The van der Waals surface area contributed by atoms with E-state index in [1.807, 2.05) is 0 Å². The molecule has 0 aliphatic heterocycles. The van der Waals surface area contributed by atoms with Gasteiger partial charge in [0.15, 0.2) is 5.78 Å². The lowest BCUT2D eigenvalue weighted by atomic mass is 10.1. The zero-order valence-corrected chi connectivity index (χ0v) is 8.10. The maximum atomic E-state index is 11.0. The van der Waals surface area contributed by atoms with Gasteiger partial charge in [-0.15, -0.1) is 0 Å². The summed E-state index contributed by atoms with van der Waals surface area (Å²) in [4.78, 5) is 21.2. The van der Waals surface area contributed by atoms with Gasteiger partial charge in [-0.3, -0.25) is 4.79 Å². The normalized spacial score (nSPS) is 10.5. The number of phenolic OH excluding ortho intramolecular Hbond substituents is 1. The van der Waals surface area contributed by atoms with E-state index in [2.05, 4.69) is 0 Å². The molecule has 1 rings (SSSR count). The quantitative estimate of drug-likeness (QED) is 0.583. The first-order chi connectivity index (χ1) is 7.00. The molecule has 0 saturated heterocycles. The van der Waals surface area contributed by atoms with Crippen molar-refractivity contribution in [3.05, 3.63) is 35.4 Å². The molecular weight excluding hydrogens is 196 g/mol. The lowest BCUT2D eigenvalue weighted by Gasteiger charge is -2.01. The van der Waals surface area contributed by atoms with Crippen LogP contribution in [0.3, 0.4) is 0 Å². The SMILES string of the molecule is CC(=O)c1ccc(C=CC(=O)O)cc1O. The number of carboxylic acid groups (broad SMARTS) is 1. The molecule has 0 fully saturated rings. The topological polar surface area (TPSA) is 74.6 Å². The second kappa shape index (κ2) is 4.41. The Morgan fingerprint density at radius 3 is 2.47 bits per heavy atom. The van der Waals surface area contributed by atoms with Crippen molar-refractivity contribution in [3.8, 4) is 5.75 Å². The van der Waals surface area contributed by atoms with Crippen molar-refractivity contribution in [1.82, 2.24) is 0 Å². The van der Waals surface area contributed by atoms with Crippen LogP contribution in [0.4, 0.5) is 0 Å². The summed E-state index contributed by atoms with van der Waals surface area (Å²) in [6.45, 7) is 1.35. The number of Topliss-reactive ketones (excluding diaryl/α,β-unsaturated/α-hetero) is 1. The van der Waals surface area contributed by atoms with Gasteiger partial charge in [0.1, 0.15) is 5.75 Å². The second-order valence-electron chi connectivity index (χ2n) is 3.00. The molecule has 1 aromatic carbocycles. The van der Waals surface area contributed by atoms with Crippen molar-refractivity contribution in [2.45, 2.75) is 6.92 Å². The highest BCUT2D eigenvalue weighted by Crippen LogP contribution is 2.19. The Bertz CT molecular complexity index is 432. The predicted octanol–water partition coefficient (Wildman–Crippen LogP) is 1.69. The number of rotatable bonds is 3. The summed E-state index contributed by atoms with van der Waals surface area (Å²) in [6, 6.07) is 4.37. The van der Waals surface area contributed by atoms with E-state index in [4.69, 9.17) is 5.11 Å². The van der Waals surface area contributed by atoms with Gasteiger partial charge in [-0.1, -0.05) is 6.07 Å². The smallest absolute Gasteiger partial charge is 0.328 e. The first kappa shape index (κ1) is 11.0. The Labute approximate surface area is 86.5 Å². The third-order valence-electron chi connectivity index (χ3n) is 1.82. The first-order valence-corrected chi connectivity index (χ1v) is 4.25. The molecule has 0 amide bonds. The molecule has 15 heavy (non-hydrogen) atoms. The highest BCUT2D eigenvalue weighted by molar-refractivity contribution is 5.97. The monoisotopic (exact) mass is 206 g/mol. The van der Waals surface area contributed by atoms with Gasteiger partial charge in [0.25, 0.3) is 0 Å². The molecule has 0 atom stereocenters. The van der Waals surface area contributed by atoms with Crippen molar-refractivity contribution >= 4 is 17.8 Å². The third-order valence-corrected chi connectivity index (χ3v) is 1.82. The van der Waals surface area contributed by atoms with Crippen LogP contribution in [0.15, 0.2) is 24.3 Å². The van der Waals surface area contributed by atoms with Crippen LogP contribution < -0.4 is 0 Å². The number of aromatic hydroxyl groups is 1. The van der Waals surface area contributed by atoms with E-state index in [1.54, 1.807) is 6.07 Å². The third kappa shape index (κ3) is 2.95. The molecule has 1 aromatic rings. The van der Waals surface area contributed by atoms with Crippen LogP contribution in [0.5, 0.6) is 5.75 Å². The number of carboxylic acids is 1. The van der Waals surface area contributed by atoms with Crippen LogP contribution in [-0.2, 0) is 4.79 Å². The minimum atomic E-state index is -1.06. The van der Waals surface area contributed by atoms with Gasteiger partial charge in [-0.2, -0.15) is 0 Å². The minimum Gasteiger partial charge on any atom is -0.507 e. The summed E-state index contributed by atoms with van der Waals surface area (Å²) in [5, 5.41) is 17.8.